The van der Waals surface area contributed by atoms with Crippen LogP contribution in [0.1, 0.15) is 24.9 Å². The van der Waals surface area contributed by atoms with Gasteiger partial charge in [-0.05, 0) is 24.6 Å². The number of hydrogen-bond donors (Lipinski definition) is 2. The number of amides is 2. The monoisotopic (exact) mass is 357 g/mol. The molecule has 1 unspecified atom stereocenters. The second-order valence-corrected chi connectivity index (χ2v) is 7.75. The number of carbonyl (C=O) groups excluding carboxylic acids is 1. The van der Waals surface area contributed by atoms with Crippen molar-refractivity contribution in [1.82, 2.24) is 14.5 Å². The van der Waals surface area contributed by atoms with Crippen molar-refractivity contribution in [3.8, 4) is 0 Å². The van der Waals surface area contributed by atoms with Gasteiger partial charge in [0.2, 0.25) is 10.0 Å². The van der Waals surface area contributed by atoms with Crippen molar-refractivity contribution in [2.75, 3.05) is 27.7 Å². The van der Waals surface area contributed by atoms with E-state index in [9.17, 15) is 18.0 Å². The molecule has 0 saturated carbocycles. The van der Waals surface area contributed by atoms with Crippen molar-refractivity contribution >= 4 is 22.0 Å². The standard InChI is InChI=1S/C15H23N3O5S/c1-11(16-15(21)18(4)9-8-14(19)20)12-6-5-7-13(10-12)24(22,23)17(2)3/h5-7,10-11H,8-9H2,1-4H3,(H,16,21)(H,19,20). The molecule has 134 valence electrons. The zero-order valence-corrected chi connectivity index (χ0v) is 15.0. The zero-order chi connectivity index (χ0) is 18.5. The highest BCUT2D eigenvalue weighted by molar-refractivity contribution is 7.89. The minimum Gasteiger partial charge on any atom is -0.481 e. The third-order valence-corrected chi connectivity index (χ3v) is 5.30. The molecule has 1 aromatic rings. The first kappa shape index (κ1) is 19.9. The molecule has 0 radical (unpaired) electrons. The topological polar surface area (TPSA) is 107 Å². The second-order valence-electron chi connectivity index (χ2n) is 5.60. The van der Waals surface area contributed by atoms with Crippen LogP contribution in [-0.4, -0.2) is 62.4 Å². The van der Waals surface area contributed by atoms with E-state index in [-0.39, 0.29) is 17.9 Å². The number of rotatable bonds is 7. The van der Waals surface area contributed by atoms with Crippen molar-refractivity contribution in [3.05, 3.63) is 29.8 Å². The lowest BCUT2D eigenvalue weighted by molar-refractivity contribution is -0.137. The van der Waals surface area contributed by atoms with Gasteiger partial charge in [-0.25, -0.2) is 17.5 Å². The molecule has 2 amide bonds. The van der Waals surface area contributed by atoms with Crippen LogP contribution in [-0.2, 0) is 14.8 Å². The lowest BCUT2D eigenvalue weighted by Crippen LogP contribution is -2.39. The fourth-order valence-electron chi connectivity index (χ4n) is 1.90. The zero-order valence-electron chi connectivity index (χ0n) is 14.2. The molecule has 0 fully saturated rings. The summed E-state index contributed by atoms with van der Waals surface area (Å²) in [4.78, 5) is 24.0. The van der Waals surface area contributed by atoms with Gasteiger partial charge in [-0.3, -0.25) is 4.79 Å². The van der Waals surface area contributed by atoms with Crippen LogP contribution in [0.2, 0.25) is 0 Å². The number of benzene rings is 1. The van der Waals surface area contributed by atoms with E-state index >= 15 is 0 Å². The average Bonchev–Trinajstić information content (AvgIpc) is 2.52. The molecule has 0 heterocycles. The highest BCUT2D eigenvalue weighted by Crippen LogP contribution is 2.19. The summed E-state index contributed by atoms with van der Waals surface area (Å²) in [7, 11) is 0.845. The summed E-state index contributed by atoms with van der Waals surface area (Å²) in [5, 5.41) is 11.3. The molecular weight excluding hydrogens is 334 g/mol. The highest BCUT2D eigenvalue weighted by atomic mass is 32.2. The number of nitrogens with one attached hydrogen (secondary N) is 1. The van der Waals surface area contributed by atoms with Crippen LogP contribution in [0.3, 0.4) is 0 Å². The Hall–Kier alpha value is -2.13. The van der Waals surface area contributed by atoms with Gasteiger partial charge in [0.15, 0.2) is 0 Å². The van der Waals surface area contributed by atoms with Crippen molar-refractivity contribution in [3.63, 3.8) is 0 Å². The van der Waals surface area contributed by atoms with Crippen LogP contribution in [0.5, 0.6) is 0 Å². The van der Waals surface area contributed by atoms with Gasteiger partial charge in [0, 0.05) is 27.7 Å². The fourth-order valence-corrected chi connectivity index (χ4v) is 2.86. The summed E-state index contributed by atoms with van der Waals surface area (Å²) in [6, 6.07) is 5.48. The van der Waals surface area contributed by atoms with Gasteiger partial charge in [0.05, 0.1) is 17.4 Å². The van der Waals surface area contributed by atoms with Crippen LogP contribution >= 0.6 is 0 Å². The number of carboxylic acids is 1. The molecule has 2 N–H and O–H groups in total. The Morgan fingerprint density at radius 1 is 1.25 bits per heavy atom. The van der Waals surface area contributed by atoms with E-state index in [1.165, 1.54) is 38.2 Å². The molecule has 0 aromatic heterocycles. The van der Waals surface area contributed by atoms with E-state index in [2.05, 4.69) is 5.32 Å². The summed E-state index contributed by atoms with van der Waals surface area (Å²) >= 11 is 0. The Morgan fingerprint density at radius 3 is 2.42 bits per heavy atom. The Bertz CT molecular complexity index is 703. The van der Waals surface area contributed by atoms with E-state index in [1.807, 2.05) is 0 Å². The van der Waals surface area contributed by atoms with Crippen molar-refractivity contribution in [1.29, 1.82) is 0 Å². The molecule has 1 rings (SSSR count). The number of sulfonamides is 1. The molecular formula is C15H23N3O5S. The lowest BCUT2D eigenvalue weighted by Gasteiger charge is -2.21. The van der Waals surface area contributed by atoms with Crippen LogP contribution in [0.25, 0.3) is 0 Å². The minimum atomic E-state index is -3.55. The van der Waals surface area contributed by atoms with E-state index in [0.29, 0.717) is 5.56 Å². The average molecular weight is 357 g/mol. The Balaban J connectivity index is 2.84. The fraction of sp³-hybridized carbons (Fsp3) is 0.467. The number of hydrogen-bond acceptors (Lipinski definition) is 4. The third kappa shape index (κ3) is 5.20. The highest BCUT2D eigenvalue weighted by Gasteiger charge is 2.19. The van der Waals surface area contributed by atoms with Gasteiger partial charge in [-0.15, -0.1) is 0 Å². The van der Waals surface area contributed by atoms with E-state index < -0.39 is 28.1 Å². The molecule has 0 aliphatic rings. The van der Waals surface area contributed by atoms with Gasteiger partial charge in [0.1, 0.15) is 0 Å². The number of aliphatic carboxylic acids is 1. The van der Waals surface area contributed by atoms with Gasteiger partial charge in [0.25, 0.3) is 0 Å². The third-order valence-electron chi connectivity index (χ3n) is 3.48. The number of carboxylic acid groups (broad SMARTS) is 1. The molecule has 0 aliphatic carbocycles. The van der Waals surface area contributed by atoms with Crippen LogP contribution in [0.4, 0.5) is 4.79 Å². The molecule has 0 aliphatic heterocycles. The van der Waals surface area contributed by atoms with Gasteiger partial charge >= 0.3 is 12.0 Å². The Kier molecular flexibility index (Phi) is 6.73. The van der Waals surface area contributed by atoms with E-state index in [0.717, 1.165) is 4.31 Å². The molecule has 0 spiro atoms. The summed E-state index contributed by atoms with van der Waals surface area (Å²) in [5.41, 5.74) is 0.637. The number of urea groups is 1. The Morgan fingerprint density at radius 2 is 1.88 bits per heavy atom. The van der Waals surface area contributed by atoms with Gasteiger partial charge in [-0.2, -0.15) is 0 Å². The molecule has 1 aromatic carbocycles. The van der Waals surface area contributed by atoms with Crippen molar-refractivity contribution in [2.24, 2.45) is 0 Å². The predicted molar refractivity (Wildman–Crippen MR) is 89.1 cm³/mol. The first-order valence-corrected chi connectivity index (χ1v) is 8.75. The first-order chi connectivity index (χ1) is 11.1. The molecule has 0 bridgehead atoms. The molecule has 24 heavy (non-hydrogen) atoms. The van der Waals surface area contributed by atoms with Crippen molar-refractivity contribution < 1.29 is 23.1 Å². The molecule has 9 heteroatoms. The quantitative estimate of drug-likeness (QED) is 0.760. The maximum atomic E-state index is 12.2. The van der Waals surface area contributed by atoms with Crippen molar-refractivity contribution in [2.45, 2.75) is 24.3 Å². The lowest BCUT2D eigenvalue weighted by atomic mass is 10.1. The maximum absolute atomic E-state index is 12.2. The van der Waals surface area contributed by atoms with Crippen LogP contribution < -0.4 is 5.32 Å². The maximum Gasteiger partial charge on any atom is 0.317 e. The largest absolute Gasteiger partial charge is 0.481 e. The van der Waals surface area contributed by atoms with E-state index in [4.69, 9.17) is 5.11 Å². The van der Waals surface area contributed by atoms with Gasteiger partial charge < -0.3 is 15.3 Å². The van der Waals surface area contributed by atoms with Crippen LogP contribution in [0.15, 0.2) is 29.2 Å². The SMILES string of the molecule is CC(NC(=O)N(C)CCC(=O)O)c1cccc(S(=O)(=O)N(C)C)c1. The van der Waals surface area contributed by atoms with E-state index in [1.54, 1.807) is 19.1 Å². The Labute approximate surface area is 142 Å². The normalized spacial score (nSPS) is 12.7. The minimum absolute atomic E-state index is 0.0862. The summed E-state index contributed by atoms with van der Waals surface area (Å²) in [5.74, 6) is -0.982. The summed E-state index contributed by atoms with van der Waals surface area (Å²) in [6.45, 7) is 1.81. The first-order valence-electron chi connectivity index (χ1n) is 7.31. The summed E-state index contributed by atoms with van der Waals surface area (Å²) in [6.07, 6.45) is -0.144. The molecule has 0 saturated heterocycles. The number of carbonyl (C=O) groups is 2. The molecule has 8 nitrogen and oxygen atoms in total. The molecule has 1 atom stereocenters. The number of nitrogens with zero attached hydrogens (tertiary/aromatic N) is 2. The van der Waals surface area contributed by atoms with Crippen LogP contribution in [0, 0.1) is 0 Å². The summed E-state index contributed by atoms with van der Waals surface area (Å²) < 4.78 is 25.4. The van der Waals surface area contributed by atoms with Gasteiger partial charge in [-0.1, -0.05) is 12.1 Å². The smallest absolute Gasteiger partial charge is 0.317 e. The second kappa shape index (κ2) is 8.11. The predicted octanol–water partition coefficient (Wildman–Crippen LogP) is 1.11.